The summed E-state index contributed by atoms with van der Waals surface area (Å²) in [5.41, 5.74) is 1.58. The van der Waals surface area contributed by atoms with Crippen molar-refractivity contribution in [3.05, 3.63) is 29.3 Å². The molecular weight excluding hydrogens is 306 g/mol. The van der Waals surface area contributed by atoms with Crippen LogP contribution in [0.2, 0.25) is 0 Å². The number of fused-ring (bicyclic) bond motifs is 1. The largest absolute Gasteiger partial charge is 0.487 e. The topological polar surface area (TPSA) is 66.8 Å². The van der Waals surface area contributed by atoms with E-state index in [0.717, 1.165) is 37.0 Å². The van der Waals surface area contributed by atoms with Crippen LogP contribution in [0.25, 0.3) is 0 Å². The van der Waals surface area contributed by atoms with Crippen molar-refractivity contribution in [1.82, 2.24) is 4.90 Å². The highest BCUT2D eigenvalue weighted by molar-refractivity contribution is 5.94. The maximum Gasteiger partial charge on any atom is 0.303 e. The summed E-state index contributed by atoms with van der Waals surface area (Å²) in [6.07, 6.45) is 3.52. The van der Waals surface area contributed by atoms with Gasteiger partial charge in [0.1, 0.15) is 11.4 Å². The fourth-order valence-corrected chi connectivity index (χ4v) is 3.74. The lowest BCUT2D eigenvalue weighted by Gasteiger charge is -2.21. The second-order valence-electron chi connectivity index (χ2n) is 7.55. The number of ether oxygens (including phenoxy) is 1. The molecule has 1 aromatic rings. The van der Waals surface area contributed by atoms with Crippen molar-refractivity contribution in [2.24, 2.45) is 5.92 Å². The first-order chi connectivity index (χ1) is 11.3. The van der Waals surface area contributed by atoms with Gasteiger partial charge in [0, 0.05) is 31.5 Å². The van der Waals surface area contributed by atoms with Crippen LogP contribution < -0.4 is 4.74 Å². The lowest BCUT2D eigenvalue weighted by molar-refractivity contribution is -0.138. The maximum absolute atomic E-state index is 12.8. The molecule has 1 amide bonds. The van der Waals surface area contributed by atoms with Crippen molar-refractivity contribution in [1.29, 1.82) is 0 Å². The molecule has 0 bridgehead atoms. The van der Waals surface area contributed by atoms with Crippen molar-refractivity contribution >= 4 is 11.9 Å². The summed E-state index contributed by atoms with van der Waals surface area (Å²) in [4.78, 5) is 25.6. The number of carboxylic acid groups (broad SMARTS) is 1. The lowest BCUT2D eigenvalue weighted by Crippen LogP contribution is -2.32. The van der Waals surface area contributed by atoms with E-state index in [1.807, 2.05) is 36.9 Å². The SMILES string of the molecule is CC1(C)Cc2cc(C(=O)N3CCCC(CC(=O)O)CC3)ccc2O1. The van der Waals surface area contributed by atoms with Crippen LogP contribution >= 0.6 is 0 Å². The molecule has 5 nitrogen and oxygen atoms in total. The molecule has 1 aromatic carbocycles. The zero-order valence-corrected chi connectivity index (χ0v) is 14.4. The fraction of sp³-hybridized carbons (Fsp3) is 0.579. The van der Waals surface area contributed by atoms with Gasteiger partial charge in [-0.2, -0.15) is 0 Å². The van der Waals surface area contributed by atoms with E-state index >= 15 is 0 Å². The molecule has 2 heterocycles. The summed E-state index contributed by atoms with van der Waals surface area (Å²) in [6, 6.07) is 5.68. The van der Waals surface area contributed by atoms with Gasteiger partial charge in [-0.05, 0) is 62.8 Å². The minimum absolute atomic E-state index is 0.0403. The van der Waals surface area contributed by atoms with Gasteiger partial charge in [-0.25, -0.2) is 0 Å². The van der Waals surface area contributed by atoms with Gasteiger partial charge in [-0.15, -0.1) is 0 Å². The molecule has 0 aromatic heterocycles. The summed E-state index contributed by atoms with van der Waals surface area (Å²) >= 11 is 0. The Hall–Kier alpha value is -2.04. The number of hydrogen-bond acceptors (Lipinski definition) is 3. The summed E-state index contributed by atoms with van der Waals surface area (Å²) in [5.74, 6) is 0.336. The Balaban J connectivity index is 1.68. The minimum atomic E-state index is -0.749. The summed E-state index contributed by atoms with van der Waals surface area (Å²) < 4.78 is 5.87. The highest BCUT2D eigenvalue weighted by atomic mass is 16.5. The third-order valence-electron chi connectivity index (χ3n) is 4.91. The molecule has 0 saturated carbocycles. The van der Waals surface area contributed by atoms with Gasteiger partial charge in [-0.1, -0.05) is 0 Å². The maximum atomic E-state index is 12.8. The Morgan fingerprint density at radius 3 is 2.83 bits per heavy atom. The minimum Gasteiger partial charge on any atom is -0.487 e. The summed E-state index contributed by atoms with van der Waals surface area (Å²) in [5, 5.41) is 8.95. The van der Waals surface area contributed by atoms with Crippen molar-refractivity contribution in [2.45, 2.75) is 51.6 Å². The monoisotopic (exact) mass is 331 g/mol. The van der Waals surface area contributed by atoms with Crippen LogP contribution in [-0.2, 0) is 11.2 Å². The number of rotatable bonds is 3. The molecule has 1 fully saturated rings. The van der Waals surface area contributed by atoms with Crippen LogP contribution in [-0.4, -0.2) is 40.6 Å². The second kappa shape index (κ2) is 6.46. The highest BCUT2D eigenvalue weighted by Crippen LogP contribution is 2.35. The molecule has 0 spiro atoms. The van der Waals surface area contributed by atoms with E-state index in [1.54, 1.807) is 0 Å². The number of aliphatic carboxylic acids is 1. The zero-order valence-electron chi connectivity index (χ0n) is 14.4. The van der Waals surface area contributed by atoms with Crippen LogP contribution in [0, 0.1) is 5.92 Å². The molecule has 1 atom stereocenters. The molecule has 1 saturated heterocycles. The number of nitrogens with zero attached hydrogens (tertiary/aromatic N) is 1. The highest BCUT2D eigenvalue weighted by Gasteiger charge is 2.31. The van der Waals surface area contributed by atoms with E-state index in [-0.39, 0.29) is 23.8 Å². The van der Waals surface area contributed by atoms with E-state index in [2.05, 4.69) is 0 Å². The number of amides is 1. The van der Waals surface area contributed by atoms with Crippen LogP contribution in [0.1, 0.15) is 55.5 Å². The first kappa shape index (κ1) is 16.8. The van der Waals surface area contributed by atoms with Gasteiger partial charge in [0.25, 0.3) is 5.91 Å². The first-order valence-electron chi connectivity index (χ1n) is 8.67. The summed E-state index contributed by atoms with van der Waals surface area (Å²) in [7, 11) is 0. The van der Waals surface area contributed by atoms with E-state index in [0.29, 0.717) is 18.7 Å². The Morgan fingerprint density at radius 1 is 1.29 bits per heavy atom. The average molecular weight is 331 g/mol. The third-order valence-corrected chi connectivity index (χ3v) is 4.91. The molecule has 5 heteroatoms. The predicted octanol–water partition coefficient (Wildman–Crippen LogP) is 3.12. The van der Waals surface area contributed by atoms with Gasteiger partial charge in [0.2, 0.25) is 0 Å². The number of likely N-dealkylation sites (tertiary alicyclic amines) is 1. The fourth-order valence-electron chi connectivity index (χ4n) is 3.74. The Morgan fingerprint density at radius 2 is 2.08 bits per heavy atom. The van der Waals surface area contributed by atoms with Gasteiger partial charge < -0.3 is 14.7 Å². The van der Waals surface area contributed by atoms with Crippen molar-refractivity contribution < 1.29 is 19.4 Å². The predicted molar refractivity (Wildman–Crippen MR) is 90.4 cm³/mol. The number of hydrogen-bond donors (Lipinski definition) is 1. The molecule has 2 aliphatic rings. The van der Waals surface area contributed by atoms with Crippen molar-refractivity contribution in [3.63, 3.8) is 0 Å². The second-order valence-corrected chi connectivity index (χ2v) is 7.55. The molecule has 24 heavy (non-hydrogen) atoms. The molecule has 1 N–H and O–H groups in total. The molecule has 3 rings (SSSR count). The van der Waals surface area contributed by atoms with Crippen LogP contribution in [0.15, 0.2) is 18.2 Å². The Bertz CT molecular complexity index is 653. The molecule has 0 aliphatic carbocycles. The van der Waals surface area contributed by atoms with Crippen LogP contribution in [0.4, 0.5) is 0 Å². The number of benzene rings is 1. The number of carboxylic acids is 1. The molecular formula is C19H25NO4. The smallest absolute Gasteiger partial charge is 0.303 e. The number of carbonyl (C=O) groups is 2. The van der Waals surface area contributed by atoms with Crippen LogP contribution in [0.5, 0.6) is 5.75 Å². The van der Waals surface area contributed by atoms with E-state index < -0.39 is 5.97 Å². The van der Waals surface area contributed by atoms with Crippen LogP contribution in [0.3, 0.4) is 0 Å². The van der Waals surface area contributed by atoms with E-state index in [4.69, 9.17) is 9.84 Å². The third kappa shape index (κ3) is 3.71. The van der Waals surface area contributed by atoms with E-state index in [9.17, 15) is 9.59 Å². The van der Waals surface area contributed by atoms with Gasteiger partial charge in [0.15, 0.2) is 0 Å². The van der Waals surface area contributed by atoms with Gasteiger partial charge in [0.05, 0.1) is 0 Å². The van der Waals surface area contributed by atoms with Crippen molar-refractivity contribution in [2.75, 3.05) is 13.1 Å². The Labute approximate surface area is 142 Å². The molecule has 0 radical (unpaired) electrons. The van der Waals surface area contributed by atoms with Crippen molar-refractivity contribution in [3.8, 4) is 5.75 Å². The molecule has 1 unspecified atom stereocenters. The quantitative estimate of drug-likeness (QED) is 0.924. The van der Waals surface area contributed by atoms with Gasteiger partial charge >= 0.3 is 5.97 Å². The standard InChI is InChI=1S/C19H25NO4/c1-19(2)12-15-11-14(5-6-16(15)24-19)18(23)20-8-3-4-13(7-9-20)10-17(21)22/h5-6,11,13H,3-4,7-10,12H2,1-2H3,(H,21,22). The first-order valence-corrected chi connectivity index (χ1v) is 8.67. The average Bonchev–Trinajstić information content (AvgIpc) is 2.66. The van der Waals surface area contributed by atoms with Gasteiger partial charge in [-0.3, -0.25) is 9.59 Å². The summed E-state index contributed by atoms with van der Waals surface area (Å²) in [6.45, 7) is 5.43. The zero-order chi connectivity index (χ0) is 17.3. The van der Waals surface area contributed by atoms with E-state index in [1.165, 1.54) is 0 Å². The Kier molecular flexibility index (Phi) is 4.52. The number of carbonyl (C=O) groups excluding carboxylic acids is 1. The molecule has 2 aliphatic heterocycles. The lowest BCUT2D eigenvalue weighted by atomic mass is 9.97. The normalized spacial score (nSPS) is 22.4. The molecule has 130 valence electrons.